The number of hydrogen-bond acceptors (Lipinski definition) is 7. The normalized spacial score (nSPS) is 17.8. The third-order valence-corrected chi connectivity index (χ3v) is 5.36. The molecule has 2 aromatic rings. The molecule has 2 atom stereocenters. The molecule has 1 fully saturated rings. The van der Waals surface area contributed by atoms with Crippen LogP contribution in [0.2, 0.25) is 5.02 Å². The van der Waals surface area contributed by atoms with Gasteiger partial charge in [-0.25, -0.2) is 0 Å². The van der Waals surface area contributed by atoms with Crippen LogP contribution in [0.15, 0.2) is 22.7 Å². The molecular weight excluding hydrogens is 380 g/mol. The van der Waals surface area contributed by atoms with E-state index in [-0.39, 0.29) is 12.0 Å². The fourth-order valence-corrected chi connectivity index (χ4v) is 3.41. The summed E-state index contributed by atoms with van der Waals surface area (Å²) in [5.41, 5.74) is 1.82. The van der Waals surface area contributed by atoms with Crippen molar-refractivity contribution in [2.24, 2.45) is 5.92 Å². The van der Waals surface area contributed by atoms with E-state index in [1.54, 1.807) is 0 Å². The monoisotopic (exact) mass is 408 g/mol. The number of morpholine rings is 1. The van der Waals surface area contributed by atoms with Crippen molar-refractivity contribution in [2.75, 3.05) is 39.4 Å². The molecular formula is C20H29ClN4O3. The van der Waals surface area contributed by atoms with Crippen molar-refractivity contribution >= 4 is 11.6 Å². The third-order valence-electron chi connectivity index (χ3n) is 4.95. The van der Waals surface area contributed by atoms with Crippen molar-refractivity contribution in [3.05, 3.63) is 34.7 Å². The van der Waals surface area contributed by atoms with Gasteiger partial charge in [0.15, 0.2) is 0 Å². The smallest absolute Gasteiger partial charge is 0.244 e. The number of aliphatic hydroxyl groups is 1. The minimum atomic E-state index is -0.474. The molecule has 1 aromatic heterocycles. The lowest BCUT2D eigenvalue weighted by Gasteiger charge is -2.29. The van der Waals surface area contributed by atoms with Gasteiger partial charge in [0.05, 0.1) is 25.4 Å². The highest BCUT2D eigenvalue weighted by molar-refractivity contribution is 6.31. The fraction of sp³-hybridized carbons (Fsp3) is 0.600. The number of aromatic nitrogens is 2. The van der Waals surface area contributed by atoms with E-state index in [0.717, 1.165) is 37.4 Å². The molecule has 1 aliphatic heterocycles. The average Bonchev–Trinajstić information content (AvgIpc) is 3.14. The van der Waals surface area contributed by atoms with Crippen molar-refractivity contribution in [1.29, 1.82) is 0 Å². The average molecular weight is 409 g/mol. The summed E-state index contributed by atoms with van der Waals surface area (Å²) in [7, 11) is 0. The van der Waals surface area contributed by atoms with Crippen LogP contribution in [0.25, 0.3) is 11.4 Å². The molecule has 0 bridgehead atoms. The number of aryl methyl sites for hydroxylation is 1. The van der Waals surface area contributed by atoms with Crippen molar-refractivity contribution < 1.29 is 14.4 Å². The molecule has 0 radical (unpaired) electrons. The van der Waals surface area contributed by atoms with E-state index >= 15 is 0 Å². The van der Waals surface area contributed by atoms with E-state index in [4.69, 9.17) is 20.9 Å². The van der Waals surface area contributed by atoms with Gasteiger partial charge in [0.2, 0.25) is 11.7 Å². The Labute approximate surface area is 171 Å². The zero-order valence-electron chi connectivity index (χ0n) is 16.7. The Balaban J connectivity index is 1.62. The van der Waals surface area contributed by atoms with Crippen LogP contribution >= 0.6 is 11.6 Å². The highest BCUT2D eigenvalue weighted by Gasteiger charge is 2.24. The van der Waals surface area contributed by atoms with Gasteiger partial charge in [0.25, 0.3) is 0 Å². The molecule has 2 N–H and O–H groups in total. The SMILES string of the molecule is Cc1ccc(-c2noc(C(NCC(O)CN3CCOCC3)C(C)C)n2)cc1Cl. The Hall–Kier alpha value is -1.51. The standard InChI is InChI=1S/C20H29ClN4O3/c1-13(2)18(22-11-16(26)12-25-6-8-27-9-7-25)20-23-19(24-28-20)15-5-4-14(3)17(21)10-15/h4-5,10,13,16,18,22,26H,6-9,11-12H2,1-3H3. The first-order valence-corrected chi connectivity index (χ1v) is 10.1. The molecule has 1 saturated heterocycles. The predicted octanol–water partition coefficient (Wildman–Crippen LogP) is 2.68. The second kappa shape index (κ2) is 9.80. The van der Waals surface area contributed by atoms with Gasteiger partial charge in [0, 0.05) is 36.8 Å². The number of halogens is 1. The van der Waals surface area contributed by atoms with Crippen LogP contribution in [0.5, 0.6) is 0 Å². The second-order valence-electron chi connectivity index (χ2n) is 7.62. The second-order valence-corrected chi connectivity index (χ2v) is 8.02. The van der Waals surface area contributed by atoms with Crippen LogP contribution in [0.3, 0.4) is 0 Å². The first-order valence-electron chi connectivity index (χ1n) is 9.75. The quantitative estimate of drug-likeness (QED) is 0.694. The molecule has 1 aliphatic rings. The van der Waals surface area contributed by atoms with Gasteiger partial charge in [-0.05, 0) is 24.5 Å². The summed E-state index contributed by atoms with van der Waals surface area (Å²) in [5, 5.41) is 18.6. The Morgan fingerprint density at radius 3 is 2.71 bits per heavy atom. The maximum atomic E-state index is 10.4. The maximum Gasteiger partial charge on any atom is 0.244 e. The molecule has 0 spiro atoms. The summed E-state index contributed by atoms with van der Waals surface area (Å²) >= 11 is 6.21. The van der Waals surface area contributed by atoms with Gasteiger partial charge in [-0.2, -0.15) is 4.98 Å². The molecule has 1 aromatic carbocycles. The minimum Gasteiger partial charge on any atom is -0.390 e. The lowest BCUT2D eigenvalue weighted by atomic mass is 10.0. The summed E-state index contributed by atoms with van der Waals surface area (Å²) in [5.74, 6) is 1.25. The molecule has 7 nitrogen and oxygen atoms in total. The number of hydrogen-bond donors (Lipinski definition) is 2. The zero-order chi connectivity index (χ0) is 20.1. The Morgan fingerprint density at radius 2 is 2.04 bits per heavy atom. The molecule has 2 unspecified atom stereocenters. The van der Waals surface area contributed by atoms with Crippen molar-refractivity contribution in [3.63, 3.8) is 0 Å². The van der Waals surface area contributed by atoms with Crippen LogP contribution < -0.4 is 5.32 Å². The number of rotatable bonds is 8. The van der Waals surface area contributed by atoms with Gasteiger partial charge in [-0.1, -0.05) is 42.7 Å². The number of nitrogens with zero attached hydrogens (tertiary/aromatic N) is 3. The van der Waals surface area contributed by atoms with Crippen LogP contribution in [0.4, 0.5) is 0 Å². The number of benzene rings is 1. The Morgan fingerprint density at radius 1 is 1.29 bits per heavy atom. The van der Waals surface area contributed by atoms with Crippen LogP contribution in [0.1, 0.15) is 31.3 Å². The summed E-state index contributed by atoms with van der Waals surface area (Å²) < 4.78 is 10.9. The first-order chi connectivity index (χ1) is 13.4. The van der Waals surface area contributed by atoms with E-state index in [1.807, 2.05) is 25.1 Å². The van der Waals surface area contributed by atoms with Crippen molar-refractivity contribution in [2.45, 2.75) is 32.9 Å². The molecule has 0 amide bonds. The molecule has 0 saturated carbocycles. The van der Waals surface area contributed by atoms with Crippen LogP contribution in [-0.2, 0) is 4.74 Å². The predicted molar refractivity (Wildman–Crippen MR) is 108 cm³/mol. The zero-order valence-corrected chi connectivity index (χ0v) is 17.4. The Kier molecular flexibility index (Phi) is 7.42. The lowest BCUT2D eigenvalue weighted by Crippen LogP contribution is -2.44. The molecule has 0 aliphatic carbocycles. The highest BCUT2D eigenvalue weighted by atomic mass is 35.5. The first kappa shape index (κ1) is 21.2. The molecule has 28 heavy (non-hydrogen) atoms. The van der Waals surface area contributed by atoms with E-state index in [0.29, 0.717) is 29.8 Å². The minimum absolute atomic E-state index is 0.137. The van der Waals surface area contributed by atoms with E-state index in [9.17, 15) is 5.11 Å². The Bertz CT molecular complexity index is 762. The largest absolute Gasteiger partial charge is 0.390 e. The van der Waals surface area contributed by atoms with Gasteiger partial charge < -0.3 is 19.7 Å². The molecule has 3 rings (SSSR count). The number of aliphatic hydroxyl groups excluding tert-OH is 1. The summed E-state index contributed by atoms with van der Waals surface area (Å²) in [6.07, 6.45) is -0.474. The number of β-amino-alcohol motifs (C(OH)–C–C–N with tert-alkyl or cyclic N) is 1. The van der Waals surface area contributed by atoms with Gasteiger partial charge in [-0.15, -0.1) is 0 Å². The summed E-state index contributed by atoms with van der Waals surface area (Å²) in [6, 6.07) is 5.57. The van der Waals surface area contributed by atoms with Crippen molar-refractivity contribution in [3.8, 4) is 11.4 Å². The van der Waals surface area contributed by atoms with Crippen molar-refractivity contribution in [1.82, 2.24) is 20.4 Å². The van der Waals surface area contributed by atoms with E-state index in [1.165, 1.54) is 0 Å². The number of ether oxygens (including phenoxy) is 1. The topological polar surface area (TPSA) is 83.7 Å². The number of nitrogens with one attached hydrogen (secondary N) is 1. The fourth-order valence-electron chi connectivity index (χ4n) is 3.23. The molecule has 154 valence electrons. The summed E-state index contributed by atoms with van der Waals surface area (Å²) in [4.78, 5) is 6.77. The molecule has 2 heterocycles. The van der Waals surface area contributed by atoms with E-state index < -0.39 is 6.10 Å². The van der Waals surface area contributed by atoms with Gasteiger partial charge >= 0.3 is 0 Å². The third kappa shape index (κ3) is 5.52. The molecule has 8 heteroatoms. The van der Waals surface area contributed by atoms with E-state index in [2.05, 4.69) is 34.2 Å². The maximum absolute atomic E-state index is 10.4. The van der Waals surface area contributed by atoms with Gasteiger partial charge in [-0.3, -0.25) is 4.90 Å². The van der Waals surface area contributed by atoms with Crippen LogP contribution in [0, 0.1) is 12.8 Å². The highest BCUT2D eigenvalue weighted by Crippen LogP contribution is 2.26. The lowest BCUT2D eigenvalue weighted by molar-refractivity contribution is 0.0140. The van der Waals surface area contributed by atoms with Gasteiger partial charge in [0.1, 0.15) is 0 Å². The summed E-state index contributed by atoms with van der Waals surface area (Å²) in [6.45, 7) is 10.4. The van der Waals surface area contributed by atoms with Crippen LogP contribution in [-0.4, -0.2) is 65.6 Å².